The largest absolute Gasteiger partial charge is 0.466 e. The van der Waals surface area contributed by atoms with Crippen LogP contribution in [0.3, 0.4) is 0 Å². The number of nitrogens with one attached hydrogen (secondary N) is 1. The number of aromatic amines is 1. The number of esters is 1. The van der Waals surface area contributed by atoms with E-state index in [0.29, 0.717) is 25.4 Å². The zero-order valence-corrected chi connectivity index (χ0v) is 15.4. The zero-order valence-electron chi connectivity index (χ0n) is 15.4. The predicted octanol–water partition coefficient (Wildman–Crippen LogP) is 2.17. The van der Waals surface area contributed by atoms with Crippen molar-refractivity contribution >= 4 is 11.8 Å². The Morgan fingerprint density at radius 2 is 2.19 bits per heavy atom. The van der Waals surface area contributed by atoms with Gasteiger partial charge in [-0.3, -0.25) is 9.59 Å². The summed E-state index contributed by atoms with van der Waals surface area (Å²) in [6.07, 6.45) is 3.14. The molecule has 7 heteroatoms. The van der Waals surface area contributed by atoms with E-state index in [-0.39, 0.29) is 11.5 Å². The topological polar surface area (TPSA) is 88.2 Å². The number of carbonyl (C=O) groups is 1. The fraction of sp³-hybridized carbons (Fsp3) is 0.474. The fourth-order valence-electron chi connectivity index (χ4n) is 3.17. The van der Waals surface area contributed by atoms with Crippen LogP contribution < -0.4 is 10.5 Å². The Morgan fingerprint density at radius 1 is 1.38 bits per heavy atom. The molecule has 0 spiro atoms. The summed E-state index contributed by atoms with van der Waals surface area (Å²) in [6.45, 7) is 7.44. The lowest BCUT2D eigenvalue weighted by atomic mass is 9.90. The Balaban J connectivity index is 1.78. The quantitative estimate of drug-likeness (QED) is 0.826. The number of rotatable bonds is 5. The van der Waals surface area contributed by atoms with Gasteiger partial charge in [-0.2, -0.15) is 0 Å². The SMILES string of the molecule is CCOC(=O)C1(C)CCN(c2ccc(-c3nc(CC)cc(=O)[nH]3)cn2)C1. The van der Waals surface area contributed by atoms with Gasteiger partial charge in [0.25, 0.3) is 5.56 Å². The minimum atomic E-state index is -0.501. The Kier molecular flexibility index (Phi) is 5.06. The molecule has 2 aromatic heterocycles. The Hall–Kier alpha value is -2.70. The van der Waals surface area contributed by atoms with Crippen molar-refractivity contribution in [2.45, 2.75) is 33.6 Å². The predicted molar refractivity (Wildman–Crippen MR) is 99.0 cm³/mol. The third-order valence-corrected chi connectivity index (χ3v) is 4.74. The van der Waals surface area contributed by atoms with Gasteiger partial charge in [-0.05, 0) is 38.8 Å². The highest BCUT2D eigenvalue weighted by atomic mass is 16.5. The second-order valence-electron chi connectivity index (χ2n) is 6.80. The van der Waals surface area contributed by atoms with Crippen molar-refractivity contribution in [2.24, 2.45) is 5.41 Å². The number of hydrogen-bond acceptors (Lipinski definition) is 6. The molecule has 0 aliphatic carbocycles. The summed E-state index contributed by atoms with van der Waals surface area (Å²) in [5.74, 6) is 1.17. The van der Waals surface area contributed by atoms with Crippen LogP contribution in [0.4, 0.5) is 5.82 Å². The van der Waals surface area contributed by atoms with E-state index in [9.17, 15) is 9.59 Å². The summed E-state index contributed by atoms with van der Waals surface area (Å²) in [5, 5.41) is 0. The first-order chi connectivity index (χ1) is 12.4. The Labute approximate surface area is 152 Å². The minimum Gasteiger partial charge on any atom is -0.466 e. The lowest BCUT2D eigenvalue weighted by Gasteiger charge is -2.23. The summed E-state index contributed by atoms with van der Waals surface area (Å²) in [6, 6.07) is 5.29. The molecule has 1 unspecified atom stereocenters. The normalized spacial score (nSPS) is 19.6. The number of carbonyl (C=O) groups excluding carboxylic acids is 1. The maximum atomic E-state index is 12.2. The van der Waals surface area contributed by atoms with E-state index >= 15 is 0 Å². The summed E-state index contributed by atoms with van der Waals surface area (Å²) in [4.78, 5) is 37.7. The highest BCUT2D eigenvalue weighted by Gasteiger charge is 2.42. The van der Waals surface area contributed by atoms with Crippen molar-refractivity contribution < 1.29 is 9.53 Å². The van der Waals surface area contributed by atoms with Crippen molar-refractivity contribution in [3.8, 4) is 11.4 Å². The van der Waals surface area contributed by atoms with Gasteiger partial charge in [0, 0.05) is 36.6 Å². The molecule has 0 aromatic carbocycles. The van der Waals surface area contributed by atoms with Crippen molar-refractivity contribution in [2.75, 3.05) is 24.6 Å². The van der Waals surface area contributed by atoms with E-state index in [2.05, 4.69) is 19.9 Å². The lowest BCUT2D eigenvalue weighted by Crippen LogP contribution is -2.33. The van der Waals surface area contributed by atoms with Crippen LogP contribution in [-0.4, -0.2) is 40.6 Å². The first-order valence-electron chi connectivity index (χ1n) is 8.94. The van der Waals surface area contributed by atoms with Crippen LogP contribution in [-0.2, 0) is 16.0 Å². The maximum absolute atomic E-state index is 12.2. The fourth-order valence-corrected chi connectivity index (χ4v) is 3.17. The van der Waals surface area contributed by atoms with Crippen LogP contribution in [0.1, 0.15) is 32.9 Å². The molecule has 1 saturated heterocycles. The summed E-state index contributed by atoms with van der Waals surface area (Å²) in [7, 11) is 0. The molecule has 26 heavy (non-hydrogen) atoms. The molecule has 0 saturated carbocycles. The van der Waals surface area contributed by atoms with Gasteiger partial charge in [0.15, 0.2) is 0 Å². The number of hydrogen-bond donors (Lipinski definition) is 1. The average Bonchev–Trinajstić information content (AvgIpc) is 3.05. The molecular weight excluding hydrogens is 332 g/mol. The van der Waals surface area contributed by atoms with E-state index in [4.69, 9.17) is 4.74 Å². The van der Waals surface area contributed by atoms with Crippen LogP contribution in [0.15, 0.2) is 29.2 Å². The van der Waals surface area contributed by atoms with Gasteiger partial charge in [-0.15, -0.1) is 0 Å². The smallest absolute Gasteiger partial charge is 0.313 e. The first kappa shape index (κ1) is 18.1. The van der Waals surface area contributed by atoms with Gasteiger partial charge in [0.2, 0.25) is 0 Å². The number of aryl methyl sites for hydroxylation is 1. The van der Waals surface area contributed by atoms with E-state index in [0.717, 1.165) is 30.0 Å². The molecule has 2 aromatic rings. The number of pyridine rings is 1. The van der Waals surface area contributed by atoms with Crippen molar-refractivity contribution in [3.05, 3.63) is 40.4 Å². The lowest BCUT2D eigenvalue weighted by molar-refractivity contribution is -0.153. The number of H-pyrrole nitrogens is 1. The van der Waals surface area contributed by atoms with Gasteiger partial charge in [-0.25, -0.2) is 9.97 Å². The highest BCUT2D eigenvalue weighted by Crippen LogP contribution is 2.34. The Morgan fingerprint density at radius 3 is 2.85 bits per heavy atom. The molecule has 138 valence electrons. The van der Waals surface area contributed by atoms with E-state index in [1.54, 1.807) is 6.20 Å². The molecule has 1 atom stereocenters. The zero-order chi connectivity index (χ0) is 18.7. The van der Waals surface area contributed by atoms with E-state index in [1.807, 2.05) is 32.9 Å². The summed E-state index contributed by atoms with van der Waals surface area (Å²) < 4.78 is 5.19. The first-order valence-corrected chi connectivity index (χ1v) is 8.94. The van der Waals surface area contributed by atoms with E-state index in [1.165, 1.54) is 6.07 Å². The molecule has 0 bridgehead atoms. The number of anilines is 1. The molecule has 1 aliphatic rings. The van der Waals surface area contributed by atoms with Gasteiger partial charge in [0.1, 0.15) is 11.6 Å². The van der Waals surface area contributed by atoms with Crippen molar-refractivity contribution in [1.29, 1.82) is 0 Å². The minimum absolute atomic E-state index is 0.155. The monoisotopic (exact) mass is 356 g/mol. The van der Waals surface area contributed by atoms with Crippen LogP contribution in [0.25, 0.3) is 11.4 Å². The molecule has 0 amide bonds. The number of aromatic nitrogens is 3. The Bertz CT molecular complexity index is 847. The summed E-state index contributed by atoms with van der Waals surface area (Å²) >= 11 is 0. The second kappa shape index (κ2) is 7.27. The molecule has 1 N–H and O–H groups in total. The standard InChI is InChI=1S/C19H24N4O3/c1-4-14-10-16(24)22-17(21-14)13-6-7-15(20-11-13)23-9-8-19(3,12-23)18(25)26-5-2/h6-7,10-11H,4-5,8-9,12H2,1-3H3,(H,21,22,24). The van der Waals surface area contributed by atoms with Crippen LogP contribution in [0, 0.1) is 5.41 Å². The molecule has 0 radical (unpaired) electrons. The van der Waals surface area contributed by atoms with Gasteiger partial charge in [0.05, 0.1) is 12.0 Å². The second-order valence-corrected chi connectivity index (χ2v) is 6.80. The molecule has 3 rings (SSSR count). The van der Waals surface area contributed by atoms with Crippen LogP contribution in [0.2, 0.25) is 0 Å². The number of nitrogens with zero attached hydrogens (tertiary/aromatic N) is 3. The van der Waals surface area contributed by atoms with Gasteiger partial charge >= 0.3 is 5.97 Å². The third kappa shape index (κ3) is 3.61. The average molecular weight is 356 g/mol. The van der Waals surface area contributed by atoms with Crippen LogP contribution >= 0.6 is 0 Å². The molecular formula is C19H24N4O3. The molecule has 7 nitrogen and oxygen atoms in total. The highest BCUT2D eigenvalue weighted by molar-refractivity contribution is 5.78. The number of ether oxygens (including phenoxy) is 1. The van der Waals surface area contributed by atoms with Crippen molar-refractivity contribution in [1.82, 2.24) is 15.0 Å². The summed E-state index contributed by atoms with van der Waals surface area (Å²) in [5.41, 5.74) is 0.838. The van der Waals surface area contributed by atoms with E-state index < -0.39 is 5.41 Å². The van der Waals surface area contributed by atoms with Gasteiger partial charge in [-0.1, -0.05) is 6.92 Å². The van der Waals surface area contributed by atoms with Crippen molar-refractivity contribution in [3.63, 3.8) is 0 Å². The van der Waals surface area contributed by atoms with Gasteiger partial charge < -0.3 is 14.6 Å². The third-order valence-electron chi connectivity index (χ3n) is 4.74. The van der Waals surface area contributed by atoms with Crippen LogP contribution in [0.5, 0.6) is 0 Å². The molecule has 1 fully saturated rings. The molecule has 3 heterocycles. The molecule has 1 aliphatic heterocycles. The maximum Gasteiger partial charge on any atom is 0.313 e.